The standard InChI is InChI=1S/C13H12BrNO/c14-11-5-3-6-12(8-11)16-13-7-2-1-4-10(13)9-15/h1-8H,9,15H2. The summed E-state index contributed by atoms with van der Waals surface area (Å²) in [7, 11) is 0. The molecule has 2 rings (SSSR count). The molecule has 82 valence electrons. The molecule has 0 radical (unpaired) electrons. The Labute approximate surface area is 103 Å². The summed E-state index contributed by atoms with van der Waals surface area (Å²) in [4.78, 5) is 0. The molecule has 2 aromatic rings. The predicted octanol–water partition coefficient (Wildman–Crippen LogP) is 3.70. The lowest BCUT2D eigenvalue weighted by atomic mass is 10.2. The molecule has 0 aromatic heterocycles. The lowest BCUT2D eigenvalue weighted by Gasteiger charge is -2.09. The van der Waals surface area contributed by atoms with Crippen LogP contribution in [0.1, 0.15) is 5.56 Å². The van der Waals surface area contributed by atoms with Crippen LogP contribution in [0.4, 0.5) is 0 Å². The summed E-state index contributed by atoms with van der Waals surface area (Å²) in [6, 6.07) is 15.5. The largest absolute Gasteiger partial charge is 0.457 e. The van der Waals surface area contributed by atoms with E-state index in [0.717, 1.165) is 21.5 Å². The Morgan fingerprint density at radius 3 is 2.62 bits per heavy atom. The molecule has 0 unspecified atom stereocenters. The van der Waals surface area contributed by atoms with E-state index >= 15 is 0 Å². The van der Waals surface area contributed by atoms with Gasteiger partial charge in [-0.15, -0.1) is 0 Å². The molecule has 0 saturated heterocycles. The van der Waals surface area contributed by atoms with Crippen LogP contribution in [-0.2, 0) is 6.54 Å². The first kappa shape index (κ1) is 11.2. The van der Waals surface area contributed by atoms with Gasteiger partial charge in [0.05, 0.1) is 0 Å². The quantitative estimate of drug-likeness (QED) is 0.929. The summed E-state index contributed by atoms with van der Waals surface area (Å²) in [5, 5.41) is 0. The van der Waals surface area contributed by atoms with Crippen molar-refractivity contribution in [3.05, 3.63) is 58.6 Å². The highest BCUT2D eigenvalue weighted by molar-refractivity contribution is 9.10. The SMILES string of the molecule is NCc1ccccc1Oc1cccc(Br)c1. The van der Waals surface area contributed by atoms with Crippen LogP contribution in [0.2, 0.25) is 0 Å². The van der Waals surface area contributed by atoms with Gasteiger partial charge in [-0.05, 0) is 24.3 Å². The molecule has 0 atom stereocenters. The first-order valence-corrected chi connectivity index (χ1v) is 5.80. The van der Waals surface area contributed by atoms with Crippen molar-refractivity contribution in [2.24, 2.45) is 5.73 Å². The van der Waals surface area contributed by atoms with Crippen LogP contribution in [0.5, 0.6) is 11.5 Å². The maximum Gasteiger partial charge on any atom is 0.131 e. The zero-order chi connectivity index (χ0) is 11.4. The second kappa shape index (κ2) is 5.14. The van der Waals surface area contributed by atoms with Gasteiger partial charge in [-0.25, -0.2) is 0 Å². The average Bonchev–Trinajstić information content (AvgIpc) is 2.30. The molecule has 2 nitrogen and oxygen atoms in total. The molecular weight excluding hydrogens is 266 g/mol. The zero-order valence-electron chi connectivity index (χ0n) is 8.69. The smallest absolute Gasteiger partial charge is 0.131 e. The number of hydrogen-bond donors (Lipinski definition) is 1. The van der Waals surface area contributed by atoms with E-state index in [-0.39, 0.29) is 0 Å². The molecular formula is C13H12BrNO. The highest BCUT2D eigenvalue weighted by Gasteiger charge is 2.02. The van der Waals surface area contributed by atoms with E-state index in [1.54, 1.807) is 0 Å². The highest BCUT2D eigenvalue weighted by atomic mass is 79.9. The topological polar surface area (TPSA) is 35.2 Å². The van der Waals surface area contributed by atoms with E-state index in [4.69, 9.17) is 10.5 Å². The Balaban J connectivity index is 2.26. The minimum atomic E-state index is 0.476. The van der Waals surface area contributed by atoms with Gasteiger partial charge in [-0.1, -0.05) is 40.2 Å². The van der Waals surface area contributed by atoms with Gasteiger partial charge in [0, 0.05) is 16.6 Å². The first-order valence-electron chi connectivity index (χ1n) is 5.01. The van der Waals surface area contributed by atoms with Gasteiger partial charge in [0.1, 0.15) is 11.5 Å². The van der Waals surface area contributed by atoms with E-state index in [1.165, 1.54) is 0 Å². The highest BCUT2D eigenvalue weighted by Crippen LogP contribution is 2.26. The van der Waals surface area contributed by atoms with Gasteiger partial charge in [0.2, 0.25) is 0 Å². The van der Waals surface area contributed by atoms with Crippen LogP contribution >= 0.6 is 15.9 Å². The van der Waals surface area contributed by atoms with Gasteiger partial charge in [-0.2, -0.15) is 0 Å². The third kappa shape index (κ3) is 2.62. The van der Waals surface area contributed by atoms with Crippen molar-refractivity contribution < 1.29 is 4.74 Å². The molecule has 16 heavy (non-hydrogen) atoms. The predicted molar refractivity (Wildman–Crippen MR) is 68.5 cm³/mol. The summed E-state index contributed by atoms with van der Waals surface area (Å²) in [5.74, 6) is 1.61. The second-order valence-corrected chi connectivity index (χ2v) is 4.29. The number of benzene rings is 2. The third-order valence-corrected chi connectivity index (χ3v) is 2.71. The van der Waals surface area contributed by atoms with Gasteiger partial charge < -0.3 is 10.5 Å². The van der Waals surface area contributed by atoms with Crippen LogP contribution in [0, 0.1) is 0 Å². The molecule has 0 aliphatic carbocycles. The fourth-order valence-corrected chi connectivity index (χ4v) is 1.81. The molecule has 0 bridgehead atoms. The minimum absolute atomic E-state index is 0.476. The fourth-order valence-electron chi connectivity index (χ4n) is 1.43. The fraction of sp³-hybridized carbons (Fsp3) is 0.0769. The molecule has 3 heteroatoms. The number of hydrogen-bond acceptors (Lipinski definition) is 2. The van der Waals surface area contributed by atoms with Gasteiger partial charge in [0.25, 0.3) is 0 Å². The van der Waals surface area contributed by atoms with Crippen molar-refractivity contribution in [3.63, 3.8) is 0 Å². The molecule has 0 saturated carbocycles. The molecule has 2 N–H and O–H groups in total. The van der Waals surface area contributed by atoms with Crippen LogP contribution < -0.4 is 10.5 Å². The lowest BCUT2D eigenvalue weighted by Crippen LogP contribution is -1.98. The average molecular weight is 278 g/mol. The van der Waals surface area contributed by atoms with Crippen molar-refractivity contribution in [3.8, 4) is 11.5 Å². The maximum absolute atomic E-state index is 5.77. The van der Waals surface area contributed by atoms with Gasteiger partial charge in [-0.3, -0.25) is 0 Å². The number of ether oxygens (including phenoxy) is 1. The molecule has 0 fully saturated rings. The van der Waals surface area contributed by atoms with Crippen molar-refractivity contribution in [1.82, 2.24) is 0 Å². The molecule has 0 spiro atoms. The summed E-state index contributed by atoms with van der Waals surface area (Å²) in [5.41, 5.74) is 6.65. The Hall–Kier alpha value is -1.32. The molecule has 0 heterocycles. The van der Waals surface area contributed by atoms with E-state index < -0.39 is 0 Å². The Morgan fingerprint density at radius 1 is 1.06 bits per heavy atom. The van der Waals surface area contributed by atoms with Crippen molar-refractivity contribution in [2.75, 3.05) is 0 Å². The normalized spacial score (nSPS) is 10.1. The van der Waals surface area contributed by atoms with Crippen LogP contribution in [0.15, 0.2) is 53.0 Å². The summed E-state index contributed by atoms with van der Waals surface area (Å²) >= 11 is 3.41. The van der Waals surface area contributed by atoms with E-state index in [1.807, 2.05) is 48.5 Å². The zero-order valence-corrected chi connectivity index (χ0v) is 10.3. The maximum atomic E-state index is 5.77. The van der Waals surface area contributed by atoms with Gasteiger partial charge >= 0.3 is 0 Å². The monoisotopic (exact) mass is 277 g/mol. The van der Waals surface area contributed by atoms with E-state index in [2.05, 4.69) is 15.9 Å². The van der Waals surface area contributed by atoms with Gasteiger partial charge in [0.15, 0.2) is 0 Å². The molecule has 0 aliphatic rings. The van der Waals surface area contributed by atoms with Crippen LogP contribution in [0.3, 0.4) is 0 Å². The first-order chi connectivity index (χ1) is 7.79. The third-order valence-electron chi connectivity index (χ3n) is 2.22. The summed E-state index contributed by atoms with van der Waals surface area (Å²) in [6.45, 7) is 0.476. The van der Waals surface area contributed by atoms with Crippen LogP contribution in [-0.4, -0.2) is 0 Å². The lowest BCUT2D eigenvalue weighted by molar-refractivity contribution is 0.476. The van der Waals surface area contributed by atoms with Crippen LogP contribution in [0.25, 0.3) is 0 Å². The Bertz CT molecular complexity index is 485. The van der Waals surface area contributed by atoms with Crippen molar-refractivity contribution in [1.29, 1.82) is 0 Å². The van der Waals surface area contributed by atoms with Crippen molar-refractivity contribution >= 4 is 15.9 Å². The molecule has 2 aromatic carbocycles. The number of rotatable bonds is 3. The number of nitrogens with two attached hydrogens (primary N) is 1. The summed E-state index contributed by atoms with van der Waals surface area (Å²) < 4.78 is 6.77. The van der Waals surface area contributed by atoms with Crippen molar-refractivity contribution in [2.45, 2.75) is 6.54 Å². The van der Waals surface area contributed by atoms with E-state index in [9.17, 15) is 0 Å². The second-order valence-electron chi connectivity index (χ2n) is 3.37. The molecule has 0 aliphatic heterocycles. The summed E-state index contributed by atoms with van der Waals surface area (Å²) in [6.07, 6.45) is 0. The minimum Gasteiger partial charge on any atom is -0.457 e. The van der Waals surface area contributed by atoms with E-state index in [0.29, 0.717) is 6.54 Å². The number of halogens is 1. The number of para-hydroxylation sites is 1. The Kier molecular flexibility index (Phi) is 3.59. The molecule has 0 amide bonds. The Morgan fingerprint density at radius 2 is 1.88 bits per heavy atom.